The van der Waals surface area contributed by atoms with Crippen molar-refractivity contribution < 1.29 is 9.84 Å². The number of rotatable bonds is 6. The first kappa shape index (κ1) is 18.7. The first-order valence-corrected chi connectivity index (χ1v) is 9.99. The molecular formula is C25H27NO2. The summed E-state index contributed by atoms with van der Waals surface area (Å²) in [5, 5.41) is 10.9. The van der Waals surface area contributed by atoms with Gasteiger partial charge in [0.2, 0.25) is 0 Å². The molecule has 2 unspecified atom stereocenters. The van der Waals surface area contributed by atoms with E-state index in [1.165, 1.54) is 5.56 Å². The summed E-state index contributed by atoms with van der Waals surface area (Å²) in [6, 6.07) is 28.8. The number of ether oxygens (including phenoxy) is 1. The third-order valence-corrected chi connectivity index (χ3v) is 5.47. The van der Waals surface area contributed by atoms with Crippen LogP contribution in [0.25, 0.3) is 0 Å². The van der Waals surface area contributed by atoms with Crippen LogP contribution < -0.4 is 4.74 Å². The van der Waals surface area contributed by atoms with Crippen molar-refractivity contribution >= 4 is 0 Å². The number of benzene rings is 3. The van der Waals surface area contributed by atoms with Crippen molar-refractivity contribution in [3.8, 4) is 5.75 Å². The van der Waals surface area contributed by atoms with Crippen LogP contribution >= 0.6 is 0 Å². The van der Waals surface area contributed by atoms with Crippen molar-refractivity contribution in [2.24, 2.45) is 0 Å². The van der Waals surface area contributed by atoms with E-state index in [1.807, 2.05) is 42.5 Å². The van der Waals surface area contributed by atoms with Gasteiger partial charge in [0, 0.05) is 19.0 Å². The molecule has 0 radical (unpaired) electrons. The molecule has 1 fully saturated rings. The molecule has 1 aliphatic heterocycles. The predicted molar refractivity (Wildman–Crippen MR) is 112 cm³/mol. The summed E-state index contributed by atoms with van der Waals surface area (Å²) in [6.45, 7) is 3.09. The second kappa shape index (κ2) is 9.05. The van der Waals surface area contributed by atoms with Gasteiger partial charge in [-0.25, -0.2) is 0 Å². The molecule has 144 valence electrons. The van der Waals surface area contributed by atoms with Crippen LogP contribution in [-0.4, -0.2) is 29.2 Å². The molecule has 3 heteroatoms. The van der Waals surface area contributed by atoms with E-state index >= 15 is 0 Å². The van der Waals surface area contributed by atoms with E-state index in [1.54, 1.807) is 0 Å². The van der Waals surface area contributed by atoms with E-state index in [9.17, 15) is 5.11 Å². The molecule has 1 aliphatic rings. The van der Waals surface area contributed by atoms with Crippen molar-refractivity contribution in [3.05, 3.63) is 102 Å². The van der Waals surface area contributed by atoms with Crippen molar-refractivity contribution in [3.63, 3.8) is 0 Å². The molecule has 0 aliphatic carbocycles. The molecule has 28 heavy (non-hydrogen) atoms. The van der Waals surface area contributed by atoms with E-state index in [2.05, 4.69) is 47.4 Å². The zero-order valence-electron chi connectivity index (χ0n) is 16.1. The van der Waals surface area contributed by atoms with Gasteiger partial charge >= 0.3 is 0 Å². The minimum atomic E-state index is -0.390. The largest absolute Gasteiger partial charge is 0.489 e. The maximum atomic E-state index is 10.9. The van der Waals surface area contributed by atoms with Crippen LogP contribution in [0.1, 0.15) is 29.0 Å². The summed E-state index contributed by atoms with van der Waals surface area (Å²) >= 11 is 0. The molecule has 1 N–H and O–H groups in total. The number of aliphatic hydroxyl groups excluding tert-OH is 1. The number of aliphatic hydroxyl groups is 1. The number of hydrogen-bond acceptors (Lipinski definition) is 3. The van der Waals surface area contributed by atoms with Gasteiger partial charge in [-0.2, -0.15) is 0 Å². The predicted octanol–water partition coefficient (Wildman–Crippen LogP) is 4.62. The lowest BCUT2D eigenvalue weighted by molar-refractivity contribution is 0.0466. The second-order valence-corrected chi connectivity index (χ2v) is 7.50. The maximum Gasteiger partial charge on any atom is 0.123 e. The normalized spacial score (nSPS) is 20.0. The standard InChI is InChI=1S/C25H27NO2/c27-24-18-26(17-20-9-3-1-4-10-20)16-15-22(24)23-13-7-8-14-25(23)28-19-21-11-5-2-6-12-21/h1-14,22,24,27H,15-19H2. The third kappa shape index (κ3) is 4.61. The second-order valence-electron chi connectivity index (χ2n) is 7.50. The molecular weight excluding hydrogens is 346 g/mol. The Hall–Kier alpha value is -2.62. The summed E-state index contributed by atoms with van der Waals surface area (Å²) in [4.78, 5) is 2.34. The van der Waals surface area contributed by atoms with E-state index in [4.69, 9.17) is 4.74 Å². The smallest absolute Gasteiger partial charge is 0.123 e. The van der Waals surface area contributed by atoms with Crippen LogP contribution in [0.5, 0.6) is 5.75 Å². The van der Waals surface area contributed by atoms with Crippen LogP contribution in [0.4, 0.5) is 0 Å². The summed E-state index contributed by atoms with van der Waals surface area (Å²) in [7, 11) is 0. The van der Waals surface area contributed by atoms with E-state index in [-0.39, 0.29) is 12.0 Å². The highest BCUT2D eigenvalue weighted by Gasteiger charge is 2.30. The van der Waals surface area contributed by atoms with E-state index in [0.717, 1.165) is 36.4 Å². The summed E-state index contributed by atoms with van der Waals surface area (Å²) in [5.74, 6) is 0.992. The average molecular weight is 373 g/mol. The molecule has 0 amide bonds. The molecule has 0 saturated carbocycles. The molecule has 1 saturated heterocycles. The van der Waals surface area contributed by atoms with Crippen LogP contribution in [0.15, 0.2) is 84.9 Å². The van der Waals surface area contributed by atoms with Crippen LogP contribution in [0.3, 0.4) is 0 Å². The quantitative estimate of drug-likeness (QED) is 0.685. The lowest BCUT2D eigenvalue weighted by atomic mass is 9.86. The Labute approximate surface area is 167 Å². The number of para-hydroxylation sites is 1. The van der Waals surface area contributed by atoms with Crippen molar-refractivity contribution in [2.75, 3.05) is 13.1 Å². The summed E-state index contributed by atoms with van der Waals surface area (Å²) < 4.78 is 6.12. The monoisotopic (exact) mass is 373 g/mol. The molecule has 0 spiro atoms. The highest BCUT2D eigenvalue weighted by atomic mass is 16.5. The number of β-amino-alcohol motifs (C(OH)–C–C–N with tert-alkyl or cyclic N) is 1. The van der Waals surface area contributed by atoms with Crippen molar-refractivity contribution in [1.29, 1.82) is 0 Å². The van der Waals surface area contributed by atoms with Gasteiger partial charge in [0.15, 0.2) is 0 Å². The molecule has 3 nitrogen and oxygen atoms in total. The zero-order valence-corrected chi connectivity index (χ0v) is 16.1. The van der Waals surface area contributed by atoms with Gasteiger partial charge in [0.25, 0.3) is 0 Å². The van der Waals surface area contributed by atoms with Gasteiger partial charge in [-0.15, -0.1) is 0 Å². The molecule has 1 heterocycles. The Kier molecular flexibility index (Phi) is 6.05. The van der Waals surface area contributed by atoms with Crippen LogP contribution in [0, 0.1) is 0 Å². The molecule has 0 bridgehead atoms. The van der Waals surface area contributed by atoms with Gasteiger partial charge in [0.05, 0.1) is 6.10 Å². The highest BCUT2D eigenvalue weighted by Crippen LogP contribution is 2.35. The fourth-order valence-corrected chi connectivity index (χ4v) is 4.00. The molecule has 4 rings (SSSR count). The zero-order chi connectivity index (χ0) is 19.2. The first-order valence-electron chi connectivity index (χ1n) is 9.99. The highest BCUT2D eigenvalue weighted by molar-refractivity contribution is 5.37. The number of piperidine rings is 1. The number of likely N-dealkylation sites (tertiary alicyclic amines) is 1. The summed E-state index contributed by atoms with van der Waals surface area (Å²) in [5.41, 5.74) is 3.56. The minimum absolute atomic E-state index is 0.110. The Morgan fingerprint density at radius 3 is 2.18 bits per heavy atom. The van der Waals surface area contributed by atoms with Gasteiger partial charge in [0.1, 0.15) is 12.4 Å². The number of nitrogens with zero attached hydrogens (tertiary/aromatic N) is 1. The van der Waals surface area contributed by atoms with Gasteiger partial charge in [-0.05, 0) is 35.7 Å². The Bertz CT molecular complexity index is 866. The van der Waals surface area contributed by atoms with Crippen molar-refractivity contribution in [2.45, 2.75) is 31.6 Å². The molecule has 0 aromatic heterocycles. The van der Waals surface area contributed by atoms with Crippen LogP contribution in [-0.2, 0) is 13.2 Å². The lowest BCUT2D eigenvalue weighted by Crippen LogP contribution is -2.42. The maximum absolute atomic E-state index is 10.9. The number of hydrogen-bond donors (Lipinski definition) is 1. The Balaban J connectivity index is 1.42. The third-order valence-electron chi connectivity index (χ3n) is 5.47. The molecule has 3 aromatic rings. The van der Waals surface area contributed by atoms with Gasteiger partial charge < -0.3 is 9.84 Å². The lowest BCUT2D eigenvalue weighted by Gasteiger charge is -2.36. The van der Waals surface area contributed by atoms with Gasteiger partial charge in [-0.3, -0.25) is 4.90 Å². The average Bonchev–Trinajstić information content (AvgIpc) is 2.74. The van der Waals surface area contributed by atoms with E-state index in [0.29, 0.717) is 13.2 Å². The Morgan fingerprint density at radius 1 is 0.821 bits per heavy atom. The van der Waals surface area contributed by atoms with Crippen molar-refractivity contribution in [1.82, 2.24) is 4.90 Å². The Morgan fingerprint density at radius 2 is 1.46 bits per heavy atom. The summed E-state index contributed by atoms with van der Waals surface area (Å²) in [6.07, 6.45) is 0.540. The first-order chi connectivity index (χ1) is 13.8. The van der Waals surface area contributed by atoms with Gasteiger partial charge in [-0.1, -0.05) is 78.9 Å². The minimum Gasteiger partial charge on any atom is -0.489 e. The topological polar surface area (TPSA) is 32.7 Å². The van der Waals surface area contributed by atoms with Crippen LogP contribution in [0.2, 0.25) is 0 Å². The van der Waals surface area contributed by atoms with E-state index < -0.39 is 0 Å². The molecule has 2 atom stereocenters. The molecule has 3 aromatic carbocycles. The fraction of sp³-hybridized carbons (Fsp3) is 0.280. The SMILES string of the molecule is OC1CN(Cc2ccccc2)CCC1c1ccccc1OCc1ccccc1. The fourth-order valence-electron chi connectivity index (χ4n) is 4.00.